The Morgan fingerprint density at radius 1 is 1.37 bits per heavy atom. The number of aromatic amines is 1. The molecule has 0 aliphatic heterocycles. The minimum atomic E-state index is -0.289. The third-order valence-electron chi connectivity index (χ3n) is 2.70. The highest BCUT2D eigenvalue weighted by Gasteiger charge is 2.14. The number of hydrogen-bond acceptors (Lipinski definition) is 5. The monoisotopic (exact) mass is 271 g/mol. The van der Waals surface area contributed by atoms with Crippen molar-refractivity contribution in [2.75, 3.05) is 0 Å². The lowest BCUT2D eigenvalue weighted by Gasteiger charge is -1.99. The van der Waals surface area contributed by atoms with Crippen LogP contribution >= 0.6 is 11.3 Å². The summed E-state index contributed by atoms with van der Waals surface area (Å²) in [6, 6.07) is 5.53. The van der Waals surface area contributed by atoms with Gasteiger partial charge in [0.25, 0.3) is 5.56 Å². The molecule has 0 unspecified atom stereocenters. The lowest BCUT2D eigenvalue weighted by molar-refractivity contribution is 0.100. The molecule has 0 fully saturated rings. The highest BCUT2D eigenvalue weighted by atomic mass is 32.1. The fourth-order valence-corrected chi connectivity index (χ4v) is 2.69. The smallest absolute Gasteiger partial charge is 0.269 e. The first-order valence-electron chi connectivity index (χ1n) is 5.60. The summed E-state index contributed by atoms with van der Waals surface area (Å²) in [6.45, 7) is 1.37. The Bertz CT molecular complexity index is 821. The van der Waals surface area contributed by atoms with Gasteiger partial charge in [-0.25, -0.2) is 4.98 Å². The molecule has 0 atom stereocenters. The van der Waals surface area contributed by atoms with Gasteiger partial charge in [-0.3, -0.25) is 14.6 Å². The molecule has 0 spiro atoms. The van der Waals surface area contributed by atoms with Crippen molar-refractivity contribution < 1.29 is 4.79 Å². The number of ketones is 1. The number of Topliss-reactive ketones (excluding diaryl/α,β-unsaturated/α-hetero) is 1. The Labute approximate surface area is 112 Å². The van der Waals surface area contributed by atoms with Gasteiger partial charge >= 0.3 is 0 Å². The lowest BCUT2D eigenvalue weighted by atomic mass is 10.2. The van der Waals surface area contributed by atoms with Crippen molar-refractivity contribution in [2.45, 2.75) is 6.92 Å². The molecule has 0 aliphatic carbocycles. The molecule has 0 saturated carbocycles. The maximum Gasteiger partial charge on any atom is 0.269 e. The molecule has 5 nitrogen and oxygen atoms in total. The molecule has 3 heterocycles. The van der Waals surface area contributed by atoms with Gasteiger partial charge in [-0.1, -0.05) is 6.07 Å². The zero-order chi connectivity index (χ0) is 13.4. The molecule has 19 heavy (non-hydrogen) atoms. The number of carbonyl (C=O) groups excluding carboxylic acids is 1. The minimum Gasteiger partial charge on any atom is -0.303 e. The van der Waals surface area contributed by atoms with E-state index < -0.39 is 0 Å². The molecular formula is C13H9N3O2S. The van der Waals surface area contributed by atoms with E-state index in [0.29, 0.717) is 10.2 Å². The molecule has 0 saturated heterocycles. The van der Waals surface area contributed by atoms with E-state index in [1.165, 1.54) is 18.3 Å². The van der Waals surface area contributed by atoms with Crippen LogP contribution in [0.1, 0.15) is 17.5 Å². The van der Waals surface area contributed by atoms with Gasteiger partial charge in [-0.15, -0.1) is 11.3 Å². The fraction of sp³-hybridized carbons (Fsp3) is 0.0769. The number of nitrogens with zero attached hydrogens (tertiary/aromatic N) is 2. The van der Waals surface area contributed by atoms with Crippen LogP contribution in [0, 0.1) is 0 Å². The van der Waals surface area contributed by atoms with E-state index in [-0.39, 0.29) is 17.2 Å². The van der Waals surface area contributed by atoms with E-state index in [4.69, 9.17) is 0 Å². The van der Waals surface area contributed by atoms with E-state index in [2.05, 4.69) is 15.0 Å². The number of nitrogens with one attached hydrogen (secondary N) is 1. The number of hydrogen-bond donors (Lipinski definition) is 1. The molecule has 94 valence electrons. The number of rotatable bonds is 2. The fourth-order valence-electron chi connectivity index (χ4n) is 1.80. The first kappa shape index (κ1) is 11.7. The van der Waals surface area contributed by atoms with Crippen molar-refractivity contribution in [3.05, 3.63) is 46.0 Å². The van der Waals surface area contributed by atoms with Crippen molar-refractivity contribution in [1.29, 1.82) is 0 Å². The number of carbonyl (C=O) groups is 1. The Morgan fingerprint density at radius 2 is 2.21 bits per heavy atom. The minimum absolute atomic E-state index is 0.0769. The van der Waals surface area contributed by atoms with Gasteiger partial charge in [0.05, 0.1) is 11.2 Å². The van der Waals surface area contributed by atoms with Crippen molar-refractivity contribution >= 4 is 27.3 Å². The van der Waals surface area contributed by atoms with Crippen LogP contribution < -0.4 is 5.56 Å². The van der Waals surface area contributed by atoms with Crippen molar-refractivity contribution in [1.82, 2.24) is 15.0 Å². The van der Waals surface area contributed by atoms with Crippen LogP contribution in [0.5, 0.6) is 0 Å². The summed E-state index contributed by atoms with van der Waals surface area (Å²) in [7, 11) is 0. The number of H-pyrrole nitrogens is 1. The van der Waals surface area contributed by atoms with E-state index in [0.717, 1.165) is 11.3 Å². The summed E-state index contributed by atoms with van der Waals surface area (Å²) >= 11 is 1.30. The van der Waals surface area contributed by atoms with Gasteiger partial charge in [-0.2, -0.15) is 0 Å². The van der Waals surface area contributed by atoms with Crippen LogP contribution in [0.25, 0.3) is 21.5 Å². The molecule has 6 heteroatoms. The average molecular weight is 271 g/mol. The van der Waals surface area contributed by atoms with Gasteiger partial charge in [0.15, 0.2) is 11.6 Å². The van der Waals surface area contributed by atoms with Gasteiger partial charge in [0.2, 0.25) is 0 Å². The maximum atomic E-state index is 11.9. The molecule has 3 aromatic rings. The zero-order valence-corrected chi connectivity index (χ0v) is 10.8. The summed E-state index contributed by atoms with van der Waals surface area (Å²) < 4.78 is 0.505. The Morgan fingerprint density at radius 3 is 2.89 bits per heavy atom. The summed E-state index contributed by atoms with van der Waals surface area (Å²) in [5.74, 6) is -0.190. The SMILES string of the molecule is CC(=O)c1nc2c(-c3ccccn3)csc2c(=O)[nH]1. The highest BCUT2D eigenvalue weighted by molar-refractivity contribution is 7.17. The molecule has 3 aromatic heterocycles. The third kappa shape index (κ3) is 1.96. The normalized spacial score (nSPS) is 10.8. The van der Waals surface area contributed by atoms with Crippen molar-refractivity contribution in [3.63, 3.8) is 0 Å². The third-order valence-corrected chi connectivity index (χ3v) is 3.67. The molecule has 0 aromatic carbocycles. The van der Waals surface area contributed by atoms with Crippen molar-refractivity contribution in [3.8, 4) is 11.3 Å². The van der Waals surface area contributed by atoms with E-state index >= 15 is 0 Å². The Kier molecular flexibility index (Phi) is 2.72. The molecule has 3 rings (SSSR count). The standard InChI is InChI=1S/C13H9N3O2S/c1-7(17)12-15-10-8(9-4-2-3-5-14-9)6-19-11(10)13(18)16-12/h2-6H,1H3,(H,15,16,18). The summed E-state index contributed by atoms with van der Waals surface area (Å²) in [6.07, 6.45) is 1.68. The van der Waals surface area contributed by atoms with Crippen LogP contribution in [0.2, 0.25) is 0 Å². The maximum absolute atomic E-state index is 11.9. The predicted octanol–water partition coefficient (Wildman–Crippen LogP) is 2.25. The molecule has 1 N–H and O–H groups in total. The number of pyridine rings is 1. The molecule has 0 aliphatic rings. The average Bonchev–Trinajstić information content (AvgIpc) is 2.84. The van der Waals surface area contributed by atoms with Gasteiger partial charge in [-0.05, 0) is 12.1 Å². The molecular weight excluding hydrogens is 262 g/mol. The number of aromatic nitrogens is 3. The van der Waals surface area contributed by atoms with Crippen LogP contribution in [-0.4, -0.2) is 20.7 Å². The molecule has 0 radical (unpaired) electrons. The second-order valence-electron chi connectivity index (χ2n) is 4.01. The quantitative estimate of drug-likeness (QED) is 0.725. The second kappa shape index (κ2) is 4.40. The number of thiophene rings is 1. The summed E-state index contributed by atoms with van der Waals surface area (Å²) in [5, 5.41) is 1.83. The topological polar surface area (TPSA) is 75.7 Å². The van der Waals surface area contributed by atoms with E-state index in [1.807, 2.05) is 23.6 Å². The first-order chi connectivity index (χ1) is 9.16. The van der Waals surface area contributed by atoms with Gasteiger partial charge < -0.3 is 4.98 Å². The first-order valence-corrected chi connectivity index (χ1v) is 6.48. The van der Waals surface area contributed by atoms with Crippen LogP contribution in [-0.2, 0) is 0 Å². The van der Waals surface area contributed by atoms with E-state index in [1.54, 1.807) is 6.20 Å². The second-order valence-corrected chi connectivity index (χ2v) is 4.89. The van der Waals surface area contributed by atoms with Gasteiger partial charge in [0.1, 0.15) is 4.70 Å². The summed E-state index contributed by atoms with van der Waals surface area (Å²) in [4.78, 5) is 34.2. The molecule has 0 bridgehead atoms. The zero-order valence-electron chi connectivity index (χ0n) is 10.0. The van der Waals surface area contributed by atoms with Crippen LogP contribution in [0.3, 0.4) is 0 Å². The van der Waals surface area contributed by atoms with Crippen molar-refractivity contribution in [2.24, 2.45) is 0 Å². The molecule has 0 amide bonds. The largest absolute Gasteiger partial charge is 0.303 e. The summed E-state index contributed by atoms with van der Waals surface area (Å²) in [5.41, 5.74) is 1.75. The highest BCUT2D eigenvalue weighted by Crippen LogP contribution is 2.29. The number of fused-ring (bicyclic) bond motifs is 1. The van der Waals surface area contributed by atoms with Gasteiger partial charge in [0, 0.05) is 24.1 Å². The van der Waals surface area contributed by atoms with Crippen LogP contribution in [0.15, 0.2) is 34.6 Å². The Balaban J connectivity index is 2.34. The predicted molar refractivity (Wildman–Crippen MR) is 73.5 cm³/mol. The lowest BCUT2D eigenvalue weighted by Crippen LogP contribution is -2.13. The van der Waals surface area contributed by atoms with Crippen LogP contribution in [0.4, 0.5) is 0 Å². The Hall–Kier alpha value is -2.34. The van der Waals surface area contributed by atoms with E-state index in [9.17, 15) is 9.59 Å².